The lowest BCUT2D eigenvalue weighted by Crippen LogP contribution is -2.37. The van der Waals surface area contributed by atoms with Gasteiger partial charge in [0.05, 0.1) is 10.0 Å². The van der Waals surface area contributed by atoms with E-state index in [1.807, 2.05) is 36.5 Å². The Labute approximate surface area is 200 Å². The molecule has 3 aromatic rings. The van der Waals surface area contributed by atoms with E-state index in [1.54, 1.807) is 0 Å². The number of carboxylic acid groups (broad SMARTS) is 2. The smallest absolute Gasteiger partial charge is 0.414 e. The summed E-state index contributed by atoms with van der Waals surface area (Å²) >= 11 is 12.5. The number of β-amino-alcohol motifs (C(OH)–C–C–N with tert-alkyl or cyclic N) is 1. The van der Waals surface area contributed by atoms with Crippen LogP contribution in [0.5, 0.6) is 5.75 Å². The van der Waals surface area contributed by atoms with Gasteiger partial charge in [-0.15, -0.1) is 0 Å². The van der Waals surface area contributed by atoms with Gasteiger partial charge in [0.2, 0.25) is 0 Å². The number of aliphatic carboxylic acids is 2. The predicted molar refractivity (Wildman–Crippen MR) is 125 cm³/mol. The molecule has 0 bridgehead atoms. The molecule has 4 N–H and O–H groups in total. The molecule has 0 saturated heterocycles. The van der Waals surface area contributed by atoms with Crippen molar-refractivity contribution in [3.63, 3.8) is 0 Å². The van der Waals surface area contributed by atoms with Gasteiger partial charge in [-0.2, -0.15) is 0 Å². The summed E-state index contributed by atoms with van der Waals surface area (Å²) in [6, 6.07) is 11.8. The van der Waals surface area contributed by atoms with Gasteiger partial charge < -0.3 is 25.0 Å². The zero-order valence-corrected chi connectivity index (χ0v) is 19.1. The lowest BCUT2D eigenvalue weighted by molar-refractivity contribution is -0.159. The zero-order valence-electron chi connectivity index (χ0n) is 17.6. The fraction of sp³-hybridized carbons (Fsp3) is 0.304. The molecule has 10 heteroatoms. The van der Waals surface area contributed by atoms with Crippen LogP contribution in [0.1, 0.15) is 11.1 Å². The van der Waals surface area contributed by atoms with Crippen LogP contribution in [0.15, 0.2) is 42.6 Å². The van der Waals surface area contributed by atoms with Crippen LogP contribution in [0.3, 0.4) is 0 Å². The van der Waals surface area contributed by atoms with Gasteiger partial charge in [-0.05, 0) is 48.2 Å². The number of carbonyl (C=O) groups is 2. The molecule has 1 unspecified atom stereocenters. The quantitative estimate of drug-likeness (QED) is 0.400. The third-order valence-electron chi connectivity index (χ3n) is 5.31. The van der Waals surface area contributed by atoms with Crippen molar-refractivity contribution in [2.75, 3.05) is 26.2 Å². The maximum absolute atomic E-state index is 10.5. The summed E-state index contributed by atoms with van der Waals surface area (Å²) in [5, 5.41) is 27.6. The number of carboxylic acids is 2. The molecule has 0 radical (unpaired) electrons. The molecule has 1 aromatic heterocycles. The van der Waals surface area contributed by atoms with Crippen molar-refractivity contribution in [3.8, 4) is 5.75 Å². The Hall–Kier alpha value is -2.78. The van der Waals surface area contributed by atoms with Crippen LogP contribution in [0.25, 0.3) is 10.9 Å². The van der Waals surface area contributed by atoms with Crippen molar-refractivity contribution in [3.05, 3.63) is 63.8 Å². The summed E-state index contributed by atoms with van der Waals surface area (Å²) in [5.74, 6) is -2.86. The highest BCUT2D eigenvalue weighted by Gasteiger charge is 2.20. The maximum atomic E-state index is 10.5. The van der Waals surface area contributed by atoms with E-state index in [9.17, 15) is 5.11 Å². The molecule has 2 heterocycles. The minimum atomic E-state index is -1.82. The minimum Gasteiger partial charge on any atom is -0.490 e. The maximum Gasteiger partial charge on any atom is 0.414 e. The molecule has 1 atom stereocenters. The number of ether oxygens (including phenoxy) is 1. The van der Waals surface area contributed by atoms with Gasteiger partial charge in [0.25, 0.3) is 0 Å². The molecule has 8 nitrogen and oxygen atoms in total. The highest BCUT2D eigenvalue weighted by molar-refractivity contribution is 6.42. The van der Waals surface area contributed by atoms with Crippen molar-refractivity contribution in [1.82, 2.24) is 9.88 Å². The molecule has 1 aliphatic heterocycles. The first-order valence-corrected chi connectivity index (χ1v) is 11.0. The number of aromatic amines is 1. The molecule has 0 spiro atoms. The Morgan fingerprint density at radius 3 is 2.52 bits per heavy atom. The summed E-state index contributed by atoms with van der Waals surface area (Å²) < 4.78 is 5.87. The Bertz CT molecular complexity index is 1120. The lowest BCUT2D eigenvalue weighted by Gasteiger charge is -2.23. The number of aliphatic hydroxyl groups is 1. The van der Waals surface area contributed by atoms with Crippen LogP contribution in [0.2, 0.25) is 10.0 Å². The number of halogens is 2. The molecule has 2 aromatic carbocycles. The number of nitrogens with one attached hydrogen (secondary N) is 1. The summed E-state index contributed by atoms with van der Waals surface area (Å²) in [7, 11) is 0. The summed E-state index contributed by atoms with van der Waals surface area (Å²) in [6.07, 6.45) is 3.08. The average Bonchev–Trinajstić information content (AvgIpc) is 3.18. The molecular weight excluding hydrogens is 471 g/mol. The number of H-pyrrole nitrogens is 1. The van der Waals surface area contributed by atoms with Crippen LogP contribution in [0.4, 0.5) is 0 Å². The Morgan fingerprint density at radius 2 is 1.79 bits per heavy atom. The number of rotatable bonds is 5. The van der Waals surface area contributed by atoms with Gasteiger partial charge in [0.1, 0.15) is 18.5 Å². The van der Waals surface area contributed by atoms with Crippen molar-refractivity contribution in [2.45, 2.75) is 18.9 Å². The van der Waals surface area contributed by atoms with E-state index in [1.165, 1.54) is 5.56 Å². The third-order valence-corrected chi connectivity index (χ3v) is 6.15. The first-order chi connectivity index (χ1) is 15.8. The number of aromatic nitrogens is 1. The first-order valence-electron chi connectivity index (χ1n) is 10.3. The normalized spacial score (nSPS) is 14.5. The average molecular weight is 495 g/mol. The minimum absolute atomic E-state index is 0.264. The molecule has 0 saturated carbocycles. The van der Waals surface area contributed by atoms with Gasteiger partial charge in [-0.25, -0.2) is 9.59 Å². The highest BCUT2D eigenvalue weighted by Crippen LogP contribution is 2.31. The standard InChI is InChI=1S/C21H22Cl2N2O2.C2H2O4/c22-18-5-4-14-7-10-25(11-8-16(14)21(18)23)12-15(26)13-27-20-3-1-2-19-17(20)6-9-24-19;3-1(4)2(5)6/h1-6,9,15,24,26H,7-8,10-13H2;(H,3,4)(H,5,6). The van der Waals surface area contributed by atoms with Crippen molar-refractivity contribution < 1.29 is 29.6 Å². The van der Waals surface area contributed by atoms with E-state index in [4.69, 9.17) is 47.7 Å². The van der Waals surface area contributed by atoms with Gasteiger partial charge in [0.15, 0.2) is 0 Å². The number of hydrogen-bond donors (Lipinski definition) is 4. The fourth-order valence-corrected chi connectivity index (χ4v) is 4.16. The summed E-state index contributed by atoms with van der Waals surface area (Å²) in [6.45, 7) is 2.57. The molecular formula is C23H24Cl2N2O6. The van der Waals surface area contributed by atoms with Gasteiger partial charge >= 0.3 is 11.9 Å². The fourth-order valence-electron chi connectivity index (χ4n) is 3.70. The Kier molecular flexibility index (Phi) is 8.57. The van der Waals surface area contributed by atoms with Crippen molar-refractivity contribution in [1.29, 1.82) is 0 Å². The molecule has 4 rings (SSSR count). The number of aliphatic hydroxyl groups excluding tert-OH is 1. The van der Waals surface area contributed by atoms with E-state index in [0.717, 1.165) is 48.1 Å². The van der Waals surface area contributed by atoms with E-state index < -0.39 is 18.0 Å². The largest absolute Gasteiger partial charge is 0.490 e. The van der Waals surface area contributed by atoms with Crippen molar-refractivity contribution in [2.24, 2.45) is 0 Å². The second kappa shape index (κ2) is 11.4. The van der Waals surface area contributed by atoms with Crippen LogP contribution < -0.4 is 4.74 Å². The van der Waals surface area contributed by atoms with Gasteiger partial charge in [-0.1, -0.05) is 35.3 Å². The Morgan fingerprint density at radius 1 is 1.06 bits per heavy atom. The van der Waals surface area contributed by atoms with E-state index >= 15 is 0 Å². The number of hydrogen-bond acceptors (Lipinski definition) is 5. The predicted octanol–water partition coefficient (Wildman–Crippen LogP) is 3.47. The second-order valence-electron chi connectivity index (χ2n) is 7.57. The molecule has 1 aliphatic rings. The van der Waals surface area contributed by atoms with Crippen LogP contribution >= 0.6 is 23.2 Å². The Balaban J connectivity index is 0.000000454. The lowest BCUT2D eigenvalue weighted by atomic mass is 10.0. The first kappa shape index (κ1) is 24.9. The molecule has 176 valence electrons. The zero-order chi connectivity index (χ0) is 24.0. The summed E-state index contributed by atoms with van der Waals surface area (Å²) in [5.41, 5.74) is 3.41. The highest BCUT2D eigenvalue weighted by atomic mass is 35.5. The van der Waals surface area contributed by atoms with E-state index in [2.05, 4.69) is 16.0 Å². The van der Waals surface area contributed by atoms with Crippen LogP contribution in [-0.2, 0) is 22.4 Å². The number of fused-ring (bicyclic) bond motifs is 2. The third kappa shape index (κ3) is 6.61. The van der Waals surface area contributed by atoms with Crippen LogP contribution in [-0.4, -0.2) is 69.5 Å². The molecule has 0 fully saturated rings. The number of benzene rings is 2. The summed E-state index contributed by atoms with van der Waals surface area (Å²) in [4.78, 5) is 23.6. The SMILES string of the molecule is O=C(O)C(=O)O.OC(COc1cccc2[nH]ccc12)CN1CCc2ccc(Cl)c(Cl)c2CC1. The number of nitrogens with zero attached hydrogens (tertiary/aromatic N) is 1. The molecule has 33 heavy (non-hydrogen) atoms. The second-order valence-corrected chi connectivity index (χ2v) is 8.36. The topological polar surface area (TPSA) is 123 Å². The van der Waals surface area contributed by atoms with Gasteiger partial charge in [-0.3, -0.25) is 4.90 Å². The van der Waals surface area contributed by atoms with E-state index in [-0.39, 0.29) is 6.61 Å². The van der Waals surface area contributed by atoms with Crippen molar-refractivity contribution >= 4 is 46.0 Å². The van der Waals surface area contributed by atoms with Gasteiger partial charge in [0, 0.05) is 36.7 Å². The van der Waals surface area contributed by atoms with Crippen LogP contribution in [0, 0.1) is 0 Å². The monoisotopic (exact) mass is 494 g/mol. The van der Waals surface area contributed by atoms with E-state index in [0.29, 0.717) is 16.6 Å². The molecule has 0 amide bonds. The molecule has 0 aliphatic carbocycles.